The minimum Gasteiger partial charge on any atom is -0.409 e. The molecular formula is C14H25N3O2. The van der Waals surface area contributed by atoms with E-state index in [1.807, 2.05) is 6.92 Å². The van der Waals surface area contributed by atoms with Gasteiger partial charge in [-0.2, -0.15) is 0 Å². The van der Waals surface area contributed by atoms with Gasteiger partial charge in [-0.05, 0) is 50.4 Å². The highest BCUT2D eigenvalue weighted by Crippen LogP contribution is 2.49. The van der Waals surface area contributed by atoms with Crippen LogP contribution in [-0.4, -0.2) is 22.5 Å². The SMILES string of the molecule is CCC(C)(NC(=O)CC1CC2CCC1C2)/C(N)=N/O. The second kappa shape index (κ2) is 5.39. The molecule has 2 saturated carbocycles. The second-order valence-corrected chi connectivity index (χ2v) is 6.36. The number of nitrogens with zero attached hydrogens (tertiary/aromatic N) is 1. The summed E-state index contributed by atoms with van der Waals surface area (Å²) >= 11 is 0. The van der Waals surface area contributed by atoms with Gasteiger partial charge in [0.15, 0.2) is 5.84 Å². The summed E-state index contributed by atoms with van der Waals surface area (Å²) < 4.78 is 0. The fraction of sp³-hybridized carbons (Fsp3) is 0.857. The number of nitrogens with two attached hydrogens (primary N) is 1. The number of hydrogen-bond donors (Lipinski definition) is 3. The zero-order chi connectivity index (χ0) is 14.0. The van der Waals surface area contributed by atoms with Crippen molar-refractivity contribution in [3.8, 4) is 0 Å². The number of carbonyl (C=O) groups excluding carboxylic acids is 1. The predicted molar refractivity (Wildman–Crippen MR) is 73.8 cm³/mol. The maximum atomic E-state index is 12.2. The van der Waals surface area contributed by atoms with Crippen molar-refractivity contribution in [1.29, 1.82) is 0 Å². The van der Waals surface area contributed by atoms with Crippen molar-refractivity contribution in [3.63, 3.8) is 0 Å². The maximum absolute atomic E-state index is 12.2. The molecule has 108 valence electrons. The van der Waals surface area contributed by atoms with Crippen LogP contribution >= 0.6 is 0 Å². The number of fused-ring (bicyclic) bond motifs is 2. The zero-order valence-electron chi connectivity index (χ0n) is 11.9. The predicted octanol–water partition coefficient (Wildman–Crippen LogP) is 1.84. The molecule has 0 aromatic heterocycles. The van der Waals surface area contributed by atoms with Crippen molar-refractivity contribution >= 4 is 11.7 Å². The van der Waals surface area contributed by atoms with Crippen LogP contribution in [0, 0.1) is 17.8 Å². The molecule has 5 heteroatoms. The Morgan fingerprint density at radius 2 is 2.21 bits per heavy atom. The Morgan fingerprint density at radius 3 is 2.68 bits per heavy atom. The summed E-state index contributed by atoms with van der Waals surface area (Å²) in [5.41, 5.74) is 4.92. The standard InChI is InChI=1S/C14H25N3O2/c1-3-14(2,13(15)17-19)16-12(18)8-11-7-9-4-5-10(11)6-9/h9-11,19H,3-8H2,1-2H3,(H2,15,17)(H,16,18). The highest BCUT2D eigenvalue weighted by atomic mass is 16.4. The fourth-order valence-corrected chi connectivity index (χ4v) is 3.67. The normalized spacial score (nSPS) is 33.2. The van der Waals surface area contributed by atoms with Gasteiger partial charge in [-0.3, -0.25) is 4.79 Å². The molecule has 2 bridgehead atoms. The van der Waals surface area contributed by atoms with Gasteiger partial charge in [0.1, 0.15) is 0 Å². The molecule has 0 heterocycles. The largest absolute Gasteiger partial charge is 0.409 e. The van der Waals surface area contributed by atoms with Crippen molar-refractivity contribution in [2.45, 2.75) is 57.9 Å². The first-order valence-electron chi connectivity index (χ1n) is 7.27. The van der Waals surface area contributed by atoms with Crippen LogP contribution in [0.15, 0.2) is 5.16 Å². The highest BCUT2D eigenvalue weighted by Gasteiger charge is 2.41. The number of amides is 1. The molecule has 4 atom stereocenters. The Balaban J connectivity index is 1.90. The van der Waals surface area contributed by atoms with Crippen molar-refractivity contribution in [2.24, 2.45) is 28.6 Å². The summed E-state index contributed by atoms with van der Waals surface area (Å²) in [6.45, 7) is 3.70. The number of nitrogens with one attached hydrogen (secondary N) is 1. The number of carbonyl (C=O) groups is 1. The average molecular weight is 267 g/mol. The lowest BCUT2D eigenvalue weighted by atomic mass is 9.86. The number of hydrogen-bond acceptors (Lipinski definition) is 3. The van der Waals surface area contributed by atoms with E-state index in [0.717, 1.165) is 11.8 Å². The average Bonchev–Trinajstić information content (AvgIpc) is 2.99. The molecule has 0 spiro atoms. The van der Waals surface area contributed by atoms with E-state index in [-0.39, 0.29) is 11.7 Å². The monoisotopic (exact) mass is 267 g/mol. The van der Waals surface area contributed by atoms with E-state index in [4.69, 9.17) is 10.9 Å². The Hall–Kier alpha value is -1.26. The minimum absolute atomic E-state index is 0.0218. The minimum atomic E-state index is -0.747. The van der Waals surface area contributed by atoms with Gasteiger partial charge >= 0.3 is 0 Å². The molecule has 2 aliphatic rings. The van der Waals surface area contributed by atoms with Gasteiger partial charge in [0.05, 0.1) is 5.54 Å². The van der Waals surface area contributed by atoms with E-state index in [2.05, 4.69) is 10.5 Å². The smallest absolute Gasteiger partial charge is 0.221 e. The molecule has 2 aliphatic carbocycles. The van der Waals surface area contributed by atoms with Crippen LogP contribution in [0.25, 0.3) is 0 Å². The lowest BCUT2D eigenvalue weighted by Crippen LogP contribution is -2.55. The third-order valence-corrected chi connectivity index (χ3v) is 5.13. The van der Waals surface area contributed by atoms with Crippen molar-refractivity contribution in [1.82, 2.24) is 5.32 Å². The summed E-state index contributed by atoms with van der Waals surface area (Å²) in [6.07, 6.45) is 6.32. The van der Waals surface area contributed by atoms with Gasteiger partial charge in [-0.1, -0.05) is 18.5 Å². The summed E-state index contributed by atoms with van der Waals surface area (Å²) in [7, 11) is 0. The van der Waals surface area contributed by atoms with E-state index in [1.54, 1.807) is 6.92 Å². The van der Waals surface area contributed by atoms with Gasteiger partial charge in [0.2, 0.25) is 5.91 Å². The Labute approximate surface area is 114 Å². The van der Waals surface area contributed by atoms with Crippen LogP contribution in [0.5, 0.6) is 0 Å². The van der Waals surface area contributed by atoms with E-state index < -0.39 is 5.54 Å². The molecule has 0 aliphatic heterocycles. The van der Waals surface area contributed by atoms with Gasteiger partial charge in [-0.15, -0.1) is 0 Å². The summed E-state index contributed by atoms with van der Waals surface area (Å²) in [5, 5.41) is 14.8. The number of rotatable bonds is 5. The zero-order valence-corrected chi connectivity index (χ0v) is 11.9. The summed E-state index contributed by atoms with van der Waals surface area (Å²) in [4.78, 5) is 12.2. The topological polar surface area (TPSA) is 87.7 Å². The van der Waals surface area contributed by atoms with Crippen LogP contribution in [0.3, 0.4) is 0 Å². The first kappa shape index (κ1) is 14.2. The Morgan fingerprint density at radius 1 is 1.47 bits per heavy atom. The van der Waals surface area contributed by atoms with E-state index in [1.165, 1.54) is 25.7 Å². The number of oxime groups is 1. The van der Waals surface area contributed by atoms with Crippen LogP contribution in [0.4, 0.5) is 0 Å². The number of amidine groups is 1. The summed E-state index contributed by atoms with van der Waals surface area (Å²) in [6, 6.07) is 0. The highest BCUT2D eigenvalue weighted by molar-refractivity contribution is 5.93. The van der Waals surface area contributed by atoms with Gasteiger partial charge < -0.3 is 16.3 Å². The molecule has 0 aromatic rings. The van der Waals surface area contributed by atoms with Crippen LogP contribution < -0.4 is 11.1 Å². The van der Waals surface area contributed by atoms with Gasteiger partial charge in [-0.25, -0.2) is 0 Å². The Kier molecular flexibility index (Phi) is 4.02. The van der Waals surface area contributed by atoms with Crippen LogP contribution in [-0.2, 0) is 4.79 Å². The molecule has 2 fully saturated rings. The molecule has 0 aromatic carbocycles. The third-order valence-electron chi connectivity index (χ3n) is 5.13. The van der Waals surface area contributed by atoms with Crippen LogP contribution in [0.1, 0.15) is 52.4 Å². The molecule has 1 amide bonds. The van der Waals surface area contributed by atoms with E-state index in [9.17, 15) is 4.79 Å². The third kappa shape index (κ3) is 2.85. The fourth-order valence-electron chi connectivity index (χ4n) is 3.67. The van der Waals surface area contributed by atoms with Crippen molar-refractivity contribution in [2.75, 3.05) is 0 Å². The van der Waals surface area contributed by atoms with Crippen molar-refractivity contribution in [3.05, 3.63) is 0 Å². The lowest BCUT2D eigenvalue weighted by molar-refractivity contribution is -0.123. The molecular weight excluding hydrogens is 242 g/mol. The van der Waals surface area contributed by atoms with Crippen LogP contribution in [0.2, 0.25) is 0 Å². The summed E-state index contributed by atoms with van der Waals surface area (Å²) in [5.74, 6) is 2.22. The molecule has 4 unspecified atom stereocenters. The Bertz CT molecular complexity index is 383. The first-order valence-corrected chi connectivity index (χ1v) is 7.27. The first-order chi connectivity index (χ1) is 8.98. The molecule has 4 N–H and O–H groups in total. The second-order valence-electron chi connectivity index (χ2n) is 6.36. The maximum Gasteiger partial charge on any atom is 0.221 e. The molecule has 2 rings (SSSR count). The molecule has 0 saturated heterocycles. The molecule has 0 radical (unpaired) electrons. The lowest BCUT2D eigenvalue weighted by Gasteiger charge is -2.29. The quantitative estimate of drug-likeness (QED) is 0.307. The van der Waals surface area contributed by atoms with E-state index >= 15 is 0 Å². The van der Waals surface area contributed by atoms with Crippen molar-refractivity contribution < 1.29 is 10.0 Å². The molecule has 19 heavy (non-hydrogen) atoms. The van der Waals surface area contributed by atoms with Gasteiger partial charge in [0, 0.05) is 6.42 Å². The van der Waals surface area contributed by atoms with E-state index in [0.29, 0.717) is 18.8 Å². The molecule has 5 nitrogen and oxygen atoms in total. The van der Waals surface area contributed by atoms with Gasteiger partial charge in [0.25, 0.3) is 0 Å².